The average molecular weight is 302 g/mol. The number of hydrogen-bond acceptors (Lipinski definition) is 3. The molecule has 1 saturated carbocycles. The molecule has 22 heavy (non-hydrogen) atoms. The summed E-state index contributed by atoms with van der Waals surface area (Å²) in [5.41, 5.74) is 0. The average Bonchev–Trinajstić information content (AvgIpc) is 2.58. The Kier molecular flexibility index (Phi) is 4.80. The van der Waals surface area contributed by atoms with Crippen LogP contribution in [0.1, 0.15) is 32.6 Å². The van der Waals surface area contributed by atoms with Gasteiger partial charge in [-0.1, -0.05) is 25.8 Å². The number of nitrogens with zero attached hydrogens (tertiary/aromatic N) is 3. The molecule has 1 aliphatic carbocycles. The number of piperazine rings is 1. The number of carbonyl (C=O) groups excluding carboxylic acids is 1. The second kappa shape index (κ2) is 6.99. The standard InChI is InChI=1S/C17H26N4O/c1-14-6-2-3-7-15(14)19-17(22)21-12-10-20(11-13-21)16-8-4-5-9-18-16/h4-5,8-9,14-15H,2-3,6-7,10-13H2,1H3,(H,19,22). The van der Waals surface area contributed by atoms with Crippen LogP contribution in [0.25, 0.3) is 0 Å². The summed E-state index contributed by atoms with van der Waals surface area (Å²) < 4.78 is 0. The van der Waals surface area contributed by atoms with Crippen LogP contribution < -0.4 is 10.2 Å². The van der Waals surface area contributed by atoms with Crippen molar-refractivity contribution in [1.29, 1.82) is 0 Å². The minimum Gasteiger partial charge on any atom is -0.353 e. The molecule has 3 rings (SSSR count). The van der Waals surface area contributed by atoms with Gasteiger partial charge in [-0.05, 0) is 30.9 Å². The molecule has 2 heterocycles. The number of anilines is 1. The Balaban J connectivity index is 1.49. The molecule has 5 heteroatoms. The molecule has 2 amide bonds. The first-order valence-corrected chi connectivity index (χ1v) is 8.45. The third-order valence-corrected chi connectivity index (χ3v) is 4.96. The molecular formula is C17H26N4O. The predicted molar refractivity (Wildman–Crippen MR) is 88.0 cm³/mol. The Morgan fingerprint density at radius 1 is 1.18 bits per heavy atom. The Bertz CT molecular complexity index is 485. The molecule has 0 spiro atoms. The van der Waals surface area contributed by atoms with Gasteiger partial charge in [0.05, 0.1) is 0 Å². The third kappa shape index (κ3) is 3.51. The van der Waals surface area contributed by atoms with E-state index in [4.69, 9.17) is 0 Å². The van der Waals surface area contributed by atoms with Crippen molar-refractivity contribution in [3.63, 3.8) is 0 Å². The Morgan fingerprint density at radius 3 is 2.64 bits per heavy atom. The topological polar surface area (TPSA) is 48.5 Å². The van der Waals surface area contributed by atoms with Gasteiger partial charge in [0.2, 0.25) is 0 Å². The number of carbonyl (C=O) groups is 1. The summed E-state index contributed by atoms with van der Waals surface area (Å²) >= 11 is 0. The van der Waals surface area contributed by atoms with Crippen molar-refractivity contribution >= 4 is 11.8 Å². The molecule has 2 unspecified atom stereocenters. The van der Waals surface area contributed by atoms with Crippen LogP contribution in [0, 0.1) is 5.92 Å². The largest absolute Gasteiger partial charge is 0.353 e. The maximum Gasteiger partial charge on any atom is 0.317 e. The van der Waals surface area contributed by atoms with Gasteiger partial charge in [-0.3, -0.25) is 0 Å². The summed E-state index contributed by atoms with van der Waals surface area (Å²) in [6.45, 7) is 5.49. The van der Waals surface area contributed by atoms with E-state index >= 15 is 0 Å². The lowest BCUT2D eigenvalue weighted by Gasteiger charge is -2.37. The molecule has 1 aromatic rings. The smallest absolute Gasteiger partial charge is 0.317 e. The Labute approximate surface area is 132 Å². The fraction of sp³-hybridized carbons (Fsp3) is 0.647. The van der Waals surface area contributed by atoms with E-state index in [9.17, 15) is 4.79 Å². The molecule has 2 atom stereocenters. The van der Waals surface area contributed by atoms with Gasteiger partial charge in [0.25, 0.3) is 0 Å². The molecule has 5 nitrogen and oxygen atoms in total. The van der Waals surface area contributed by atoms with Crippen LogP contribution in [0.4, 0.5) is 10.6 Å². The summed E-state index contributed by atoms with van der Waals surface area (Å²) in [5.74, 6) is 1.61. The molecular weight excluding hydrogens is 276 g/mol. The van der Waals surface area contributed by atoms with Crippen molar-refractivity contribution < 1.29 is 4.79 Å². The van der Waals surface area contributed by atoms with Gasteiger partial charge in [0.1, 0.15) is 5.82 Å². The zero-order valence-electron chi connectivity index (χ0n) is 13.4. The predicted octanol–water partition coefficient (Wildman–Crippen LogP) is 2.49. The van der Waals surface area contributed by atoms with E-state index in [1.54, 1.807) is 0 Å². The first kappa shape index (κ1) is 15.1. The van der Waals surface area contributed by atoms with Gasteiger partial charge in [0, 0.05) is 38.4 Å². The van der Waals surface area contributed by atoms with Gasteiger partial charge < -0.3 is 15.1 Å². The molecule has 1 aromatic heterocycles. The minimum atomic E-state index is 0.111. The fourth-order valence-corrected chi connectivity index (χ4v) is 3.46. The highest BCUT2D eigenvalue weighted by Crippen LogP contribution is 2.24. The summed E-state index contributed by atoms with van der Waals surface area (Å²) in [7, 11) is 0. The normalized spacial score (nSPS) is 25.9. The monoisotopic (exact) mass is 302 g/mol. The summed E-state index contributed by atoms with van der Waals surface area (Å²) in [5, 5.41) is 3.25. The Hall–Kier alpha value is -1.78. The minimum absolute atomic E-state index is 0.111. The first-order valence-electron chi connectivity index (χ1n) is 8.45. The Morgan fingerprint density at radius 2 is 1.95 bits per heavy atom. The van der Waals surface area contributed by atoms with Crippen molar-refractivity contribution in [2.24, 2.45) is 5.92 Å². The quantitative estimate of drug-likeness (QED) is 0.913. The molecule has 2 aliphatic rings. The van der Waals surface area contributed by atoms with Crippen molar-refractivity contribution in [2.45, 2.75) is 38.6 Å². The molecule has 0 bridgehead atoms. The van der Waals surface area contributed by atoms with E-state index in [1.165, 1.54) is 19.3 Å². The van der Waals surface area contributed by atoms with Gasteiger partial charge in [-0.15, -0.1) is 0 Å². The van der Waals surface area contributed by atoms with Crippen LogP contribution in [-0.4, -0.2) is 48.1 Å². The van der Waals surface area contributed by atoms with E-state index in [0.29, 0.717) is 12.0 Å². The lowest BCUT2D eigenvalue weighted by atomic mass is 9.86. The molecule has 2 fully saturated rings. The van der Waals surface area contributed by atoms with Gasteiger partial charge >= 0.3 is 6.03 Å². The van der Waals surface area contributed by atoms with E-state index in [-0.39, 0.29) is 6.03 Å². The van der Waals surface area contributed by atoms with E-state index in [2.05, 4.69) is 22.1 Å². The molecule has 1 saturated heterocycles. The summed E-state index contributed by atoms with van der Waals surface area (Å²) in [6.07, 6.45) is 6.72. The SMILES string of the molecule is CC1CCCCC1NC(=O)N1CCN(c2ccccn2)CC1. The van der Waals surface area contributed by atoms with E-state index in [0.717, 1.165) is 38.4 Å². The zero-order valence-corrected chi connectivity index (χ0v) is 13.4. The lowest BCUT2D eigenvalue weighted by molar-refractivity contribution is 0.179. The highest BCUT2D eigenvalue weighted by molar-refractivity contribution is 5.75. The van der Waals surface area contributed by atoms with E-state index in [1.807, 2.05) is 29.3 Å². The maximum absolute atomic E-state index is 12.4. The van der Waals surface area contributed by atoms with Crippen molar-refractivity contribution in [3.05, 3.63) is 24.4 Å². The highest BCUT2D eigenvalue weighted by Gasteiger charge is 2.27. The number of urea groups is 1. The molecule has 1 aliphatic heterocycles. The van der Waals surface area contributed by atoms with Gasteiger partial charge in [-0.25, -0.2) is 9.78 Å². The number of hydrogen-bond donors (Lipinski definition) is 1. The van der Waals surface area contributed by atoms with Gasteiger partial charge in [-0.2, -0.15) is 0 Å². The second-order valence-electron chi connectivity index (χ2n) is 6.48. The van der Waals surface area contributed by atoms with Crippen LogP contribution in [0.3, 0.4) is 0 Å². The highest BCUT2D eigenvalue weighted by atomic mass is 16.2. The number of nitrogens with one attached hydrogen (secondary N) is 1. The van der Waals surface area contributed by atoms with Crippen molar-refractivity contribution in [1.82, 2.24) is 15.2 Å². The van der Waals surface area contributed by atoms with Crippen LogP contribution >= 0.6 is 0 Å². The molecule has 0 aromatic carbocycles. The zero-order chi connectivity index (χ0) is 15.4. The van der Waals surface area contributed by atoms with E-state index < -0.39 is 0 Å². The first-order chi connectivity index (χ1) is 10.7. The summed E-state index contributed by atoms with van der Waals surface area (Å²) in [6, 6.07) is 6.43. The van der Waals surface area contributed by atoms with Crippen LogP contribution in [-0.2, 0) is 0 Å². The van der Waals surface area contributed by atoms with Crippen LogP contribution in [0.5, 0.6) is 0 Å². The maximum atomic E-state index is 12.4. The lowest BCUT2D eigenvalue weighted by Crippen LogP contribution is -2.54. The fourth-order valence-electron chi connectivity index (χ4n) is 3.46. The third-order valence-electron chi connectivity index (χ3n) is 4.96. The molecule has 1 N–H and O–H groups in total. The van der Waals surface area contributed by atoms with Crippen molar-refractivity contribution in [2.75, 3.05) is 31.1 Å². The van der Waals surface area contributed by atoms with Crippen LogP contribution in [0.15, 0.2) is 24.4 Å². The number of rotatable bonds is 2. The molecule has 120 valence electrons. The number of pyridine rings is 1. The number of amides is 2. The van der Waals surface area contributed by atoms with Gasteiger partial charge in [0.15, 0.2) is 0 Å². The number of aromatic nitrogens is 1. The van der Waals surface area contributed by atoms with Crippen molar-refractivity contribution in [3.8, 4) is 0 Å². The second-order valence-corrected chi connectivity index (χ2v) is 6.48. The van der Waals surface area contributed by atoms with Crippen LogP contribution in [0.2, 0.25) is 0 Å². The summed E-state index contributed by atoms with van der Waals surface area (Å²) in [4.78, 5) is 21.0. The molecule has 0 radical (unpaired) electrons.